The Kier molecular flexibility index (Phi) is 12.9. The molecule has 1 aliphatic heterocycles. The van der Waals surface area contributed by atoms with E-state index in [-0.39, 0.29) is 36.1 Å². The number of nitrogens with one attached hydrogen (secondary N) is 1. The number of hydrogen-bond acceptors (Lipinski definition) is 13. The van der Waals surface area contributed by atoms with Gasteiger partial charge in [-0.3, -0.25) is 14.4 Å². The highest BCUT2D eigenvalue weighted by Gasteiger charge is 2.77. The maximum atomic E-state index is 16.1. The zero-order valence-electron chi connectivity index (χ0n) is 39.2. The van der Waals surface area contributed by atoms with Gasteiger partial charge in [-0.05, 0) is 87.9 Å². The first kappa shape index (κ1) is 48.1. The van der Waals surface area contributed by atoms with E-state index in [9.17, 15) is 29.1 Å². The predicted octanol–water partition coefficient (Wildman–Crippen LogP) is 7.67. The molecule has 352 valence electrons. The third-order valence-corrected chi connectivity index (χ3v) is 14.6. The summed E-state index contributed by atoms with van der Waals surface area (Å²) in [5.41, 5.74) is -6.52. The Bertz CT molecular complexity index is 2390. The average molecular weight is 908 g/mol. The number of carbonyl (C=O) groups excluding carboxylic acids is 6. The normalized spacial score (nSPS) is 30.9. The minimum atomic E-state index is -2.25. The third-order valence-electron chi connectivity index (χ3n) is 14.6. The van der Waals surface area contributed by atoms with Gasteiger partial charge < -0.3 is 38.8 Å². The van der Waals surface area contributed by atoms with Crippen molar-refractivity contribution in [3.05, 3.63) is 119 Å². The number of hydrogen-bond donors (Lipinski definition) is 2. The SMILES string of the molecule is CC(=O)O[C@@]12CO[C@@H]1C[C@H](C)[C@@]1(C)C(=O)[C@H](OC(=O)c3ccccc3)C3=C(C)[C@@H](OC(=O)[C@H](C)[C@@H](NC(=O)OC(C)(C)C)c4ccccc4)C[C@@](O)([C@@H](OC(=O)c4ccccc4)C12)C3(C)C. The van der Waals surface area contributed by atoms with Crippen LogP contribution in [0.3, 0.4) is 0 Å². The number of benzene rings is 3. The lowest BCUT2D eigenvalue weighted by Gasteiger charge is -2.68. The van der Waals surface area contributed by atoms with E-state index in [1.807, 2.05) is 6.92 Å². The molecule has 1 unspecified atom stereocenters. The summed E-state index contributed by atoms with van der Waals surface area (Å²) in [7, 11) is 0. The molecule has 11 atom stereocenters. The van der Waals surface area contributed by atoms with Crippen molar-refractivity contribution in [1.82, 2.24) is 5.32 Å². The molecule has 2 bridgehead atoms. The molecule has 3 aliphatic carbocycles. The van der Waals surface area contributed by atoms with Crippen LogP contribution in [-0.2, 0) is 42.8 Å². The van der Waals surface area contributed by atoms with Crippen LogP contribution < -0.4 is 5.32 Å². The largest absolute Gasteiger partial charge is 0.457 e. The van der Waals surface area contributed by atoms with Crippen molar-refractivity contribution in [3.63, 3.8) is 0 Å². The summed E-state index contributed by atoms with van der Waals surface area (Å²) in [6.07, 6.45) is -6.32. The summed E-state index contributed by atoms with van der Waals surface area (Å²) < 4.78 is 37.4. The highest BCUT2D eigenvalue weighted by Crippen LogP contribution is 2.65. The second-order valence-corrected chi connectivity index (χ2v) is 20.1. The van der Waals surface area contributed by atoms with E-state index in [1.165, 1.54) is 6.92 Å². The molecule has 3 aromatic carbocycles. The molecule has 0 spiro atoms. The molecule has 2 saturated carbocycles. The van der Waals surface area contributed by atoms with Crippen molar-refractivity contribution < 1.29 is 62.3 Å². The van der Waals surface area contributed by atoms with Gasteiger partial charge in [0.2, 0.25) is 0 Å². The molecule has 1 heterocycles. The Morgan fingerprint density at radius 2 is 1.38 bits per heavy atom. The lowest BCUT2D eigenvalue weighted by Crippen LogP contribution is -2.80. The van der Waals surface area contributed by atoms with Crippen molar-refractivity contribution in [2.75, 3.05) is 6.61 Å². The summed E-state index contributed by atoms with van der Waals surface area (Å²) in [5, 5.41) is 16.8. The van der Waals surface area contributed by atoms with E-state index in [1.54, 1.807) is 146 Å². The second-order valence-electron chi connectivity index (χ2n) is 20.1. The maximum Gasteiger partial charge on any atom is 0.408 e. The molecular weight excluding hydrogens is 847 g/mol. The summed E-state index contributed by atoms with van der Waals surface area (Å²) >= 11 is 0. The predicted molar refractivity (Wildman–Crippen MR) is 240 cm³/mol. The number of esters is 4. The first-order valence-corrected chi connectivity index (χ1v) is 22.5. The summed E-state index contributed by atoms with van der Waals surface area (Å²) in [6, 6.07) is 24.2. The Hall–Kier alpha value is -5.86. The van der Waals surface area contributed by atoms with Crippen molar-refractivity contribution in [3.8, 4) is 0 Å². The third kappa shape index (κ3) is 8.42. The molecule has 0 aromatic heterocycles. The summed E-state index contributed by atoms with van der Waals surface area (Å²) in [6.45, 7) is 16.3. The Morgan fingerprint density at radius 3 is 1.89 bits per heavy atom. The van der Waals surface area contributed by atoms with Crippen LogP contribution in [-0.4, -0.2) is 88.7 Å². The minimum absolute atomic E-state index is 0.152. The van der Waals surface area contributed by atoms with Gasteiger partial charge >= 0.3 is 30.0 Å². The van der Waals surface area contributed by atoms with Crippen LogP contribution in [0.2, 0.25) is 0 Å². The number of aliphatic hydroxyl groups is 1. The van der Waals surface area contributed by atoms with Gasteiger partial charge in [0.15, 0.2) is 17.5 Å². The average Bonchev–Trinajstić information content (AvgIpc) is 3.26. The molecule has 0 radical (unpaired) electrons. The summed E-state index contributed by atoms with van der Waals surface area (Å²) in [4.78, 5) is 86.0. The molecule has 3 fully saturated rings. The van der Waals surface area contributed by atoms with Gasteiger partial charge in [-0.25, -0.2) is 14.4 Å². The van der Waals surface area contributed by atoms with E-state index >= 15 is 4.79 Å². The molecule has 66 heavy (non-hydrogen) atoms. The second kappa shape index (κ2) is 17.7. The standard InChI is InChI=1S/C52H61NO13/c1-29-26-37-51(28-61-37,65-32(4)54)41-43(64-46(58)35-24-18-13-19-25-35)52(60)27-36(62-44(56)31(3)39(33-20-14-11-15-21-33)53-47(59)66-48(5,6)7)30(2)38(49(52,8)9)40(42(55)50(29,41)10)63-45(57)34-22-16-12-17-23-34/h11-25,29,31,36-37,39-41,43,60H,26-28H2,1-10H3,(H,53,59)/t29-,31+,36-,37+,39+,40+,41?,43-,50+,51-,52+/m0/s1. The number of ketones is 1. The van der Waals surface area contributed by atoms with Gasteiger partial charge in [0.05, 0.1) is 35.6 Å². The van der Waals surface area contributed by atoms with Crippen LogP contribution >= 0.6 is 0 Å². The fraction of sp³-hybridized carbons (Fsp3) is 0.500. The van der Waals surface area contributed by atoms with Crippen LogP contribution in [0.25, 0.3) is 0 Å². The molecule has 1 amide bonds. The number of Topliss-reactive ketones (excluding diaryl/α,β-unsaturated/α-hetero) is 1. The quantitative estimate of drug-likeness (QED) is 0.115. The van der Waals surface area contributed by atoms with Gasteiger partial charge in [-0.15, -0.1) is 0 Å². The van der Waals surface area contributed by atoms with Crippen molar-refractivity contribution in [2.24, 2.45) is 28.6 Å². The monoisotopic (exact) mass is 907 g/mol. The highest BCUT2D eigenvalue weighted by atomic mass is 16.6. The van der Waals surface area contributed by atoms with Crippen molar-refractivity contribution >= 4 is 35.8 Å². The van der Waals surface area contributed by atoms with E-state index < -0.39 is 112 Å². The molecule has 3 aromatic rings. The van der Waals surface area contributed by atoms with Crippen LogP contribution in [0.15, 0.2) is 102 Å². The van der Waals surface area contributed by atoms with Crippen molar-refractivity contribution in [1.29, 1.82) is 0 Å². The Labute approximate surface area is 385 Å². The van der Waals surface area contributed by atoms with Crippen LogP contribution in [0.4, 0.5) is 4.79 Å². The van der Waals surface area contributed by atoms with Gasteiger partial charge in [0, 0.05) is 24.2 Å². The zero-order chi connectivity index (χ0) is 48.1. The first-order valence-electron chi connectivity index (χ1n) is 22.5. The van der Waals surface area contributed by atoms with Gasteiger partial charge in [0.25, 0.3) is 0 Å². The number of ether oxygens (including phenoxy) is 6. The fourth-order valence-corrected chi connectivity index (χ4v) is 10.9. The Balaban J connectivity index is 1.42. The lowest BCUT2D eigenvalue weighted by molar-refractivity contribution is -0.340. The molecule has 7 rings (SSSR count). The molecular formula is C52H61NO13. The first-order chi connectivity index (χ1) is 31.0. The molecule has 4 aliphatic rings. The smallest absolute Gasteiger partial charge is 0.408 e. The molecule has 14 heteroatoms. The van der Waals surface area contributed by atoms with Gasteiger partial charge in [-0.2, -0.15) is 0 Å². The van der Waals surface area contributed by atoms with Gasteiger partial charge in [-0.1, -0.05) is 94.4 Å². The van der Waals surface area contributed by atoms with E-state index in [4.69, 9.17) is 28.4 Å². The number of alkyl carbamates (subject to hydrolysis) is 1. The molecule has 1 saturated heterocycles. The van der Waals surface area contributed by atoms with Crippen molar-refractivity contribution in [2.45, 2.75) is 129 Å². The molecule has 2 N–H and O–H groups in total. The maximum absolute atomic E-state index is 16.1. The highest BCUT2D eigenvalue weighted by molar-refractivity contribution is 5.98. The van der Waals surface area contributed by atoms with Gasteiger partial charge in [0.1, 0.15) is 29.5 Å². The minimum Gasteiger partial charge on any atom is -0.457 e. The zero-order valence-corrected chi connectivity index (χ0v) is 39.2. The number of amides is 1. The number of fused-ring (bicyclic) bond motifs is 5. The number of carbonyl (C=O) groups is 6. The fourth-order valence-electron chi connectivity index (χ4n) is 10.9. The number of rotatable bonds is 10. The van der Waals surface area contributed by atoms with Crippen LogP contribution in [0, 0.1) is 28.6 Å². The van der Waals surface area contributed by atoms with Crippen LogP contribution in [0.5, 0.6) is 0 Å². The van der Waals surface area contributed by atoms with E-state index in [0.29, 0.717) is 11.1 Å². The van der Waals surface area contributed by atoms with Crippen LogP contribution in [0.1, 0.15) is 114 Å². The lowest BCUT2D eigenvalue weighted by atomic mass is 9.43. The van der Waals surface area contributed by atoms with E-state index in [0.717, 1.165) is 0 Å². The molecule has 14 nitrogen and oxygen atoms in total. The van der Waals surface area contributed by atoms with E-state index in [2.05, 4.69) is 5.32 Å². The topological polar surface area (TPSA) is 190 Å². The summed E-state index contributed by atoms with van der Waals surface area (Å²) in [5.74, 6) is -6.64. The Morgan fingerprint density at radius 1 is 0.833 bits per heavy atom.